The van der Waals surface area contributed by atoms with Crippen LogP contribution in [-0.4, -0.2) is 17.4 Å². The van der Waals surface area contributed by atoms with E-state index in [1.807, 2.05) is 91.0 Å². The second kappa shape index (κ2) is 8.99. The van der Waals surface area contributed by atoms with E-state index in [0.717, 1.165) is 38.6 Å². The summed E-state index contributed by atoms with van der Waals surface area (Å²) in [7, 11) is 0. The summed E-state index contributed by atoms with van der Waals surface area (Å²) in [5.41, 5.74) is 3.36. The predicted molar refractivity (Wildman–Crippen MR) is 139 cm³/mol. The number of carbonyl (C=O) groups is 1. The van der Waals surface area contributed by atoms with Crippen LogP contribution in [0.25, 0.3) is 10.8 Å². The van der Waals surface area contributed by atoms with Crippen LogP contribution in [0, 0.1) is 0 Å². The molecule has 0 aliphatic carbocycles. The minimum atomic E-state index is -1.48. The average Bonchev–Trinajstić information content (AvgIpc) is 2.94. The van der Waals surface area contributed by atoms with Crippen molar-refractivity contribution in [1.82, 2.24) is 0 Å². The first-order chi connectivity index (χ1) is 17.7. The molecule has 0 fully saturated rings. The maximum absolute atomic E-state index is 12.4. The number of benzene rings is 5. The van der Waals surface area contributed by atoms with Crippen molar-refractivity contribution in [3.05, 3.63) is 149 Å². The van der Waals surface area contributed by atoms with E-state index in [-0.39, 0.29) is 0 Å². The molecule has 1 aliphatic rings. The standard InChI is InChI=1S/C32H24O4/c33-30(34)31-35-29-27(20-22-12-4-1-5-13-22)26-19-11-10-14-23(26)21-28(29)32(36-31,24-15-6-2-7-16-24)25-17-8-3-9-18-25/h1-19,21,31H,20H2,(H,33,34). The van der Waals surface area contributed by atoms with Crippen LogP contribution in [0.5, 0.6) is 5.75 Å². The fourth-order valence-electron chi connectivity index (χ4n) is 5.19. The fourth-order valence-corrected chi connectivity index (χ4v) is 5.19. The van der Waals surface area contributed by atoms with Gasteiger partial charge in [0.25, 0.3) is 0 Å². The average molecular weight is 473 g/mol. The first kappa shape index (κ1) is 22.1. The molecule has 0 amide bonds. The summed E-state index contributed by atoms with van der Waals surface area (Å²) in [6, 6.07) is 40.0. The lowest BCUT2D eigenvalue weighted by Crippen LogP contribution is -2.47. The molecule has 4 nitrogen and oxygen atoms in total. The Morgan fingerprint density at radius 2 is 1.31 bits per heavy atom. The molecule has 0 radical (unpaired) electrons. The molecule has 0 saturated heterocycles. The third-order valence-corrected chi connectivity index (χ3v) is 6.78. The van der Waals surface area contributed by atoms with Crippen molar-refractivity contribution in [3.63, 3.8) is 0 Å². The molecule has 0 saturated carbocycles. The lowest BCUT2D eigenvalue weighted by Gasteiger charge is -2.43. The molecule has 5 aromatic carbocycles. The minimum absolute atomic E-state index is 0.559. The number of hydrogen-bond donors (Lipinski definition) is 1. The van der Waals surface area contributed by atoms with Gasteiger partial charge in [0.15, 0.2) is 5.60 Å². The second-order valence-electron chi connectivity index (χ2n) is 8.93. The van der Waals surface area contributed by atoms with Gasteiger partial charge in [0.05, 0.1) is 0 Å². The van der Waals surface area contributed by atoms with Crippen molar-refractivity contribution in [2.75, 3.05) is 0 Å². The molecule has 1 atom stereocenters. The number of carboxylic acids is 1. The summed E-state index contributed by atoms with van der Waals surface area (Å²) in [6.07, 6.45) is -0.884. The molecule has 0 aromatic heterocycles. The SMILES string of the molecule is O=C(O)C1Oc2c(cc3ccccc3c2Cc2ccccc2)C(c2ccccc2)(c2ccccc2)O1. The molecule has 1 N–H and O–H groups in total. The zero-order valence-corrected chi connectivity index (χ0v) is 19.5. The van der Waals surface area contributed by atoms with Crippen LogP contribution in [0.1, 0.15) is 27.8 Å². The molecule has 0 spiro atoms. The Kier molecular flexibility index (Phi) is 5.51. The Bertz CT molecular complexity index is 1490. The zero-order valence-electron chi connectivity index (χ0n) is 19.5. The number of ether oxygens (including phenoxy) is 2. The Morgan fingerprint density at radius 3 is 1.92 bits per heavy atom. The quantitative estimate of drug-likeness (QED) is 0.315. The Morgan fingerprint density at radius 1 is 0.750 bits per heavy atom. The molecule has 176 valence electrons. The van der Waals surface area contributed by atoms with Crippen molar-refractivity contribution in [2.45, 2.75) is 18.3 Å². The largest absolute Gasteiger partial charge is 0.477 e. The third kappa shape index (κ3) is 3.63. The summed E-state index contributed by atoms with van der Waals surface area (Å²) in [5.74, 6) is -0.611. The van der Waals surface area contributed by atoms with Gasteiger partial charge in [-0.1, -0.05) is 115 Å². The first-order valence-electron chi connectivity index (χ1n) is 11.9. The summed E-state index contributed by atoms with van der Waals surface area (Å²) in [5, 5.41) is 12.2. The number of fused-ring (bicyclic) bond motifs is 2. The van der Waals surface area contributed by atoms with E-state index in [1.165, 1.54) is 0 Å². The van der Waals surface area contributed by atoms with Crippen LogP contribution in [0.15, 0.2) is 121 Å². The van der Waals surface area contributed by atoms with Gasteiger partial charge in [-0.3, -0.25) is 0 Å². The summed E-state index contributed by atoms with van der Waals surface area (Å²) >= 11 is 0. The molecule has 1 aliphatic heterocycles. The molecule has 5 aromatic rings. The van der Waals surface area contributed by atoms with Gasteiger partial charge in [0.1, 0.15) is 5.75 Å². The minimum Gasteiger partial charge on any atom is -0.477 e. The van der Waals surface area contributed by atoms with Gasteiger partial charge in [0, 0.05) is 17.5 Å². The van der Waals surface area contributed by atoms with Gasteiger partial charge >= 0.3 is 12.3 Å². The van der Waals surface area contributed by atoms with Crippen molar-refractivity contribution >= 4 is 16.7 Å². The highest BCUT2D eigenvalue weighted by molar-refractivity contribution is 5.90. The summed E-state index contributed by atoms with van der Waals surface area (Å²) in [6.45, 7) is 0. The predicted octanol–water partition coefficient (Wildman–Crippen LogP) is 6.54. The first-order valence-corrected chi connectivity index (χ1v) is 11.9. The van der Waals surface area contributed by atoms with Crippen molar-refractivity contribution in [2.24, 2.45) is 0 Å². The Labute approximate surface area is 209 Å². The molecule has 1 heterocycles. The monoisotopic (exact) mass is 472 g/mol. The topological polar surface area (TPSA) is 55.8 Å². The van der Waals surface area contributed by atoms with Crippen LogP contribution in [0.4, 0.5) is 0 Å². The number of aliphatic carboxylic acids is 1. The Hall–Kier alpha value is -4.41. The maximum Gasteiger partial charge on any atom is 0.373 e. The summed E-state index contributed by atoms with van der Waals surface area (Å²) < 4.78 is 12.6. The highest BCUT2D eigenvalue weighted by Crippen LogP contribution is 2.51. The van der Waals surface area contributed by atoms with E-state index in [1.54, 1.807) is 0 Å². The molecular weight excluding hydrogens is 448 g/mol. The van der Waals surface area contributed by atoms with Gasteiger partial charge < -0.3 is 14.6 Å². The van der Waals surface area contributed by atoms with Gasteiger partial charge in [-0.15, -0.1) is 0 Å². The Balaban J connectivity index is 1.72. The van der Waals surface area contributed by atoms with Crippen LogP contribution in [0.2, 0.25) is 0 Å². The normalized spacial score (nSPS) is 16.2. The molecule has 0 bridgehead atoms. The van der Waals surface area contributed by atoms with E-state index in [9.17, 15) is 9.90 Å². The fraction of sp³-hybridized carbons (Fsp3) is 0.0938. The van der Waals surface area contributed by atoms with Gasteiger partial charge in [-0.2, -0.15) is 0 Å². The van der Waals surface area contributed by atoms with Crippen LogP contribution in [0.3, 0.4) is 0 Å². The van der Waals surface area contributed by atoms with E-state index >= 15 is 0 Å². The van der Waals surface area contributed by atoms with E-state index in [4.69, 9.17) is 9.47 Å². The highest BCUT2D eigenvalue weighted by Gasteiger charge is 2.49. The van der Waals surface area contributed by atoms with Crippen molar-refractivity contribution < 1.29 is 19.4 Å². The van der Waals surface area contributed by atoms with E-state index in [0.29, 0.717) is 12.2 Å². The van der Waals surface area contributed by atoms with Crippen molar-refractivity contribution in [1.29, 1.82) is 0 Å². The number of carboxylic acid groups (broad SMARTS) is 1. The smallest absolute Gasteiger partial charge is 0.373 e. The molecule has 36 heavy (non-hydrogen) atoms. The molecular formula is C32H24O4. The molecule has 1 unspecified atom stereocenters. The lowest BCUT2D eigenvalue weighted by molar-refractivity contribution is -0.196. The second-order valence-corrected chi connectivity index (χ2v) is 8.93. The lowest BCUT2D eigenvalue weighted by atomic mass is 9.77. The summed E-state index contributed by atoms with van der Waals surface area (Å²) in [4.78, 5) is 12.4. The van der Waals surface area contributed by atoms with Crippen LogP contribution < -0.4 is 4.74 Å². The van der Waals surface area contributed by atoms with Gasteiger partial charge in [-0.05, 0) is 33.5 Å². The van der Waals surface area contributed by atoms with Gasteiger partial charge in [0.2, 0.25) is 0 Å². The number of hydrogen-bond acceptors (Lipinski definition) is 3. The van der Waals surface area contributed by atoms with E-state index in [2.05, 4.69) is 30.3 Å². The van der Waals surface area contributed by atoms with Crippen molar-refractivity contribution in [3.8, 4) is 5.75 Å². The molecule has 6 rings (SSSR count). The van der Waals surface area contributed by atoms with E-state index < -0.39 is 17.9 Å². The third-order valence-electron chi connectivity index (χ3n) is 6.78. The number of rotatable bonds is 5. The zero-order chi connectivity index (χ0) is 24.5. The maximum atomic E-state index is 12.4. The van der Waals surface area contributed by atoms with Crippen LogP contribution in [-0.2, 0) is 21.6 Å². The van der Waals surface area contributed by atoms with Gasteiger partial charge in [-0.25, -0.2) is 4.79 Å². The van der Waals surface area contributed by atoms with Crippen LogP contribution >= 0.6 is 0 Å². The highest BCUT2D eigenvalue weighted by atomic mass is 16.7. The molecule has 4 heteroatoms.